The maximum Gasteiger partial charge on any atom is 0.229 e. The Morgan fingerprint density at radius 3 is 2.88 bits per heavy atom. The Bertz CT molecular complexity index is 433. The molecule has 1 amide bonds. The van der Waals surface area contributed by atoms with E-state index in [0.29, 0.717) is 12.5 Å². The predicted molar refractivity (Wildman–Crippen MR) is 65.3 cm³/mol. The van der Waals surface area contributed by atoms with E-state index in [2.05, 4.69) is 10.6 Å². The molecule has 1 fully saturated rings. The highest BCUT2D eigenvalue weighted by Gasteiger charge is 2.29. The van der Waals surface area contributed by atoms with Gasteiger partial charge in [0.25, 0.3) is 0 Å². The molecule has 2 N–H and O–H groups in total. The van der Waals surface area contributed by atoms with Crippen LogP contribution in [0, 0.1) is 24.6 Å². The van der Waals surface area contributed by atoms with Crippen molar-refractivity contribution < 1.29 is 9.18 Å². The van der Waals surface area contributed by atoms with E-state index in [1.54, 1.807) is 12.1 Å². The molecule has 1 aromatic rings. The largest absolute Gasteiger partial charge is 0.323 e. The number of hydrogen-bond donors (Lipinski definition) is 2. The Morgan fingerprint density at radius 1 is 1.47 bits per heavy atom. The molecule has 2 rings (SSSR count). The summed E-state index contributed by atoms with van der Waals surface area (Å²) in [6.45, 7) is 5.40. The van der Waals surface area contributed by atoms with Gasteiger partial charge < -0.3 is 10.6 Å². The molecule has 0 radical (unpaired) electrons. The standard InChI is InChI=1S/C13H17FN2O/c1-8-3-4-11(14)12(5-8)16-13(17)10-7-15-6-9(10)2/h3-5,9-10,15H,6-7H2,1-2H3,(H,16,17)/t9-,10-/m1/s1. The van der Waals surface area contributed by atoms with Crippen LogP contribution in [-0.2, 0) is 4.79 Å². The molecule has 2 atom stereocenters. The monoisotopic (exact) mass is 236 g/mol. The molecule has 1 aromatic carbocycles. The normalized spacial score (nSPS) is 23.7. The third-order valence-corrected chi connectivity index (χ3v) is 3.23. The molecule has 0 bridgehead atoms. The van der Waals surface area contributed by atoms with Crippen molar-refractivity contribution in [3.05, 3.63) is 29.6 Å². The van der Waals surface area contributed by atoms with Crippen LogP contribution in [0.5, 0.6) is 0 Å². The van der Waals surface area contributed by atoms with Crippen molar-refractivity contribution in [1.29, 1.82) is 0 Å². The van der Waals surface area contributed by atoms with E-state index in [0.717, 1.165) is 12.1 Å². The fourth-order valence-electron chi connectivity index (χ4n) is 2.12. The molecule has 0 spiro atoms. The summed E-state index contributed by atoms with van der Waals surface area (Å²) in [5.74, 6) is -0.271. The maximum absolute atomic E-state index is 13.5. The van der Waals surface area contributed by atoms with Gasteiger partial charge >= 0.3 is 0 Å². The summed E-state index contributed by atoms with van der Waals surface area (Å²) in [7, 11) is 0. The molecule has 17 heavy (non-hydrogen) atoms. The predicted octanol–water partition coefficient (Wildman–Crippen LogP) is 1.93. The first-order chi connectivity index (χ1) is 8.08. The van der Waals surface area contributed by atoms with Crippen LogP contribution in [0.25, 0.3) is 0 Å². The SMILES string of the molecule is Cc1ccc(F)c(NC(=O)[C@@H]2CNC[C@H]2C)c1. The molecule has 1 aliphatic rings. The van der Waals surface area contributed by atoms with Crippen LogP contribution in [-0.4, -0.2) is 19.0 Å². The molecule has 1 saturated heterocycles. The number of halogens is 1. The number of hydrogen-bond acceptors (Lipinski definition) is 2. The number of carbonyl (C=O) groups excluding carboxylic acids is 1. The first kappa shape index (κ1) is 12.0. The van der Waals surface area contributed by atoms with Gasteiger partial charge in [0.2, 0.25) is 5.91 Å². The lowest BCUT2D eigenvalue weighted by Crippen LogP contribution is -2.28. The number of aryl methyl sites for hydroxylation is 1. The number of benzene rings is 1. The topological polar surface area (TPSA) is 41.1 Å². The Labute approximate surface area is 100 Å². The van der Waals surface area contributed by atoms with Gasteiger partial charge in [-0.25, -0.2) is 4.39 Å². The molecule has 1 heterocycles. The van der Waals surface area contributed by atoms with Gasteiger partial charge in [-0.2, -0.15) is 0 Å². The van der Waals surface area contributed by atoms with Crippen molar-refractivity contribution in [3.8, 4) is 0 Å². The van der Waals surface area contributed by atoms with Gasteiger partial charge in [0.1, 0.15) is 5.82 Å². The minimum Gasteiger partial charge on any atom is -0.323 e. The van der Waals surface area contributed by atoms with Gasteiger partial charge in [-0.3, -0.25) is 4.79 Å². The fraction of sp³-hybridized carbons (Fsp3) is 0.462. The average Bonchev–Trinajstić information content (AvgIpc) is 2.70. The molecular formula is C13H17FN2O. The van der Waals surface area contributed by atoms with Gasteiger partial charge in [-0.05, 0) is 37.1 Å². The fourth-order valence-corrected chi connectivity index (χ4v) is 2.12. The highest BCUT2D eigenvalue weighted by atomic mass is 19.1. The average molecular weight is 236 g/mol. The lowest BCUT2D eigenvalue weighted by Gasteiger charge is -2.14. The Kier molecular flexibility index (Phi) is 3.43. The molecule has 92 valence electrons. The van der Waals surface area contributed by atoms with Gasteiger partial charge in [-0.15, -0.1) is 0 Å². The molecule has 4 heteroatoms. The van der Waals surface area contributed by atoms with Gasteiger partial charge in [0.15, 0.2) is 0 Å². The molecule has 1 aliphatic heterocycles. The number of rotatable bonds is 2. The molecule has 0 aromatic heterocycles. The first-order valence-corrected chi connectivity index (χ1v) is 5.85. The summed E-state index contributed by atoms with van der Waals surface area (Å²) < 4.78 is 13.5. The second-order valence-corrected chi connectivity index (χ2v) is 4.71. The van der Waals surface area contributed by atoms with Crippen LogP contribution in [0.15, 0.2) is 18.2 Å². The lowest BCUT2D eigenvalue weighted by molar-refractivity contribution is -0.120. The third-order valence-electron chi connectivity index (χ3n) is 3.23. The zero-order valence-corrected chi connectivity index (χ0v) is 10.1. The first-order valence-electron chi connectivity index (χ1n) is 5.85. The van der Waals surface area contributed by atoms with E-state index in [4.69, 9.17) is 0 Å². The third kappa shape index (κ3) is 2.64. The minimum atomic E-state index is -0.387. The van der Waals surface area contributed by atoms with Gasteiger partial charge in [0.05, 0.1) is 11.6 Å². The lowest BCUT2D eigenvalue weighted by atomic mass is 9.97. The van der Waals surface area contributed by atoms with E-state index in [9.17, 15) is 9.18 Å². The number of amides is 1. The van der Waals surface area contributed by atoms with Crippen molar-refractivity contribution in [1.82, 2.24) is 5.32 Å². The molecule has 0 aliphatic carbocycles. The van der Waals surface area contributed by atoms with E-state index in [1.807, 2.05) is 13.8 Å². The summed E-state index contributed by atoms with van der Waals surface area (Å²) in [5, 5.41) is 5.83. The van der Waals surface area contributed by atoms with Crippen molar-refractivity contribution in [2.75, 3.05) is 18.4 Å². The van der Waals surface area contributed by atoms with Gasteiger partial charge in [-0.1, -0.05) is 13.0 Å². The quantitative estimate of drug-likeness (QED) is 0.823. The summed E-state index contributed by atoms with van der Waals surface area (Å²) in [6, 6.07) is 4.71. The van der Waals surface area contributed by atoms with Crippen molar-refractivity contribution in [3.63, 3.8) is 0 Å². The van der Waals surface area contributed by atoms with Crippen LogP contribution in [0.1, 0.15) is 12.5 Å². The highest BCUT2D eigenvalue weighted by molar-refractivity contribution is 5.93. The maximum atomic E-state index is 13.5. The number of anilines is 1. The van der Waals surface area contributed by atoms with Crippen LogP contribution in [0.2, 0.25) is 0 Å². The zero-order valence-electron chi connectivity index (χ0n) is 10.1. The van der Waals surface area contributed by atoms with Crippen molar-refractivity contribution in [2.45, 2.75) is 13.8 Å². The molecule has 0 unspecified atom stereocenters. The molecule has 0 saturated carbocycles. The number of carbonyl (C=O) groups is 1. The Hall–Kier alpha value is -1.42. The minimum absolute atomic E-state index is 0.0742. The summed E-state index contributed by atoms with van der Waals surface area (Å²) in [4.78, 5) is 12.0. The smallest absolute Gasteiger partial charge is 0.229 e. The van der Waals surface area contributed by atoms with E-state index >= 15 is 0 Å². The van der Waals surface area contributed by atoms with E-state index < -0.39 is 0 Å². The summed E-state index contributed by atoms with van der Waals surface area (Å²) >= 11 is 0. The summed E-state index contributed by atoms with van der Waals surface area (Å²) in [6.07, 6.45) is 0. The van der Waals surface area contributed by atoms with Crippen LogP contribution in [0.4, 0.5) is 10.1 Å². The number of nitrogens with one attached hydrogen (secondary N) is 2. The molecule has 3 nitrogen and oxygen atoms in total. The zero-order chi connectivity index (χ0) is 12.4. The second kappa shape index (κ2) is 4.84. The summed E-state index contributed by atoms with van der Waals surface area (Å²) in [5.41, 5.74) is 1.20. The van der Waals surface area contributed by atoms with Crippen LogP contribution >= 0.6 is 0 Å². The van der Waals surface area contributed by atoms with Crippen molar-refractivity contribution in [2.24, 2.45) is 11.8 Å². The van der Waals surface area contributed by atoms with Gasteiger partial charge in [0, 0.05) is 6.54 Å². The Balaban J connectivity index is 2.10. The van der Waals surface area contributed by atoms with Crippen LogP contribution < -0.4 is 10.6 Å². The molecular weight excluding hydrogens is 219 g/mol. The van der Waals surface area contributed by atoms with Crippen LogP contribution in [0.3, 0.4) is 0 Å². The highest BCUT2D eigenvalue weighted by Crippen LogP contribution is 2.20. The van der Waals surface area contributed by atoms with Crippen molar-refractivity contribution >= 4 is 11.6 Å². The van der Waals surface area contributed by atoms with E-state index in [1.165, 1.54) is 6.07 Å². The van der Waals surface area contributed by atoms with E-state index in [-0.39, 0.29) is 23.3 Å². The Morgan fingerprint density at radius 2 is 2.24 bits per heavy atom. The second-order valence-electron chi connectivity index (χ2n) is 4.71.